The van der Waals surface area contributed by atoms with Gasteiger partial charge in [0.05, 0.1) is 11.0 Å². The summed E-state index contributed by atoms with van der Waals surface area (Å²) in [4.78, 5) is 4.22. The molecule has 0 radical (unpaired) electrons. The van der Waals surface area contributed by atoms with Crippen molar-refractivity contribution in [3.8, 4) is 17.3 Å². The first-order valence-electron chi connectivity index (χ1n) is 8.79. The molecule has 0 amide bonds. The Morgan fingerprint density at radius 1 is 0.704 bits per heavy atom. The van der Waals surface area contributed by atoms with Crippen LogP contribution in [-0.2, 0) is 0 Å². The van der Waals surface area contributed by atoms with Crippen molar-refractivity contribution in [2.45, 2.75) is 0 Å². The average molecular weight is 351 g/mol. The molecule has 0 unspecified atom stereocenters. The number of nitrogens with zero attached hydrogens (tertiary/aromatic N) is 2. The van der Waals surface area contributed by atoms with Gasteiger partial charge in [0.1, 0.15) is 11.6 Å². The number of ether oxygens (including phenoxy) is 1. The van der Waals surface area contributed by atoms with Crippen LogP contribution in [0.1, 0.15) is 0 Å². The fourth-order valence-electron chi connectivity index (χ4n) is 3.48. The molecule has 2 heterocycles. The lowest BCUT2D eigenvalue weighted by Crippen LogP contribution is -1.94. The van der Waals surface area contributed by atoms with Gasteiger partial charge in [-0.15, -0.1) is 0 Å². The van der Waals surface area contributed by atoms with E-state index < -0.39 is 0 Å². The van der Waals surface area contributed by atoms with Gasteiger partial charge in [-0.3, -0.25) is 0 Å². The SMILES string of the molecule is Nc1cccc(Oc2ccc3c4ccccc4n(-c4ccccc4)c3c2)n1. The van der Waals surface area contributed by atoms with E-state index in [0.29, 0.717) is 11.7 Å². The molecule has 0 aliphatic rings. The van der Waals surface area contributed by atoms with E-state index in [0.717, 1.165) is 22.5 Å². The van der Waals surface area contributed by atoms with E-state index in [1.807, 2.05) is 36.4 Å². The van der Waals surface area contributed by atoms with Crippen LogP contribution in [0.4, 0.5) is 5.82 Å². The highest BCUT2D eigenvalue weighted by molar-refractivity contribution is 6.09. The molecule has 0 atom stereocenters. The molecule has 0 saturated carbocycles. The third-order valence-corrected chi connectivity index (χ3v) is 4.63. The van der Waals surface area contributed by atoms with Crippen molar-refractivity contribution in [1.82, 2.24) is 9.55 Å². The molecular weight excluding hydrogens is 334 g/mol. The van der Waals surface area contributed by atoms with E-state index in [-0.39, 0.29) is 0 Å². The molecule has 5 aromatic rings. The topological polar surface area (TPSA) is 53.1 Å². The summed E-state index contributed by atoms with van der Waals surface area (Å²) < 4.78 is 8.20. The normalized spacial score (nSPS) is 11.1. The van der Waals surface area contributed by atoms with Crippen molar-refractivity contribution >= 4 is 27.6 Å². The van der Waals surface area contributed by atoms with Crippen LogP contribution in [-0.4, -0.2) is 9.55 Å². The highest BCUT2D eigenvalue weighted by atomic mass is 16.5. The molecule has 3 aromatic carbocycles. The number of benzene rings is 3. The lowest BCUT2D eigenvalue weighted by molar-refractivity contribution is 0.464. The third kappa shape index (κ3) is 2.68. The molecule has 0 aliphatic heterocycles. The van der Waals surface area contributed by atoms with Crippen molar-refractivity contribution in [2.24, 2.45) is 0 Å². The summed E-state index contributed by atoms with van der Waals surface area (Å²) in [6.07, 6.45) is 0. The first-order valence-corrected chi connectivity index (χ1v) is 8.79. The number of pyridine rings is 1. The van der Waals surface area contributed by atoms with Gasteiger partial charge in [0, 0.05) is 28.6 Å². The lowest BCUT2D eigenvalue weighted by atomic mass is 10.1. The van der Waals surface area contributed by atoms with Gasteiger partial charge in [0.2, 0.25) is 5.88 Å². The summed E-state index contributed by atoms with van der Waals surface area (Å²) in [5.74, 6) is 1.64. The smallest absolute Gasteiger partial charge is 0.221 e. The maximum Gasteiger partial charge on any atom is 0.221 e. The van der Waals surface area contributed by atoms with Crippen molar-refractivity contribution in [1.29, 1.82) is 0 Å². The molecule has 0 saturated heterocycles. The summed E-state index contributed by atoms with van der Waals surface area (Å²) in [7, 11) is 0. The molecule has 0 aliphatic carbocycles. The number of aromatic nitrogens is 2. The van der Waals surface area contributed by atoms with E-state index in [1.165, 1.54) is 10.8 Å². The van der Waals surface area contributed by atoms with Crippen molar-refractivity contribution < 1.29 is 4.74 Å². The van der Waals surface area contributed by atoms with Crippen molar-refractivity contribution in [3.05, 3.63) is 91.0 Å². The standard InChI is InChI=1S/C23H17N3O/c24-22-11-6-12-23(25-22)27-17-13-14-19-18-9-4-5-10-20(18)26(21(19)15-17)16-7-2-1-3-8-16/h1-15H,(H2,24,25). The van der Waals surface area contributed by atoms with Crippen molar-refractivity contribution in [3.63, 3.8) is 0 Å². The molecule has 4 heteroatoms. The largest absolute Gasteiger partial charge is 0.439 e. The fraction of sp³-hybridized carbons (Fsp3) is 0. The summed E-state index contributed by atoms with van der Waals surface area (Å²) in [6.45, 7) is 0. The Bertz CT molecular complexity index is 1260. The average Bonchev–Trinajstić information content (AvgIpc) is 3.02. The van der Waals surface area contributed by atoms with Gasteiger partial charge in [0.25, 0.3) is 0 Å². The van der Waals surface area contributed by atoms with Gasteiger partial charge in [-0.2, -0.15) is 4.98 Å². The molecule has 0 fully saturated rings. The van der Waals surface area contributed by atoms with Crippen LogP contribution in [0.25, 0.3) is 27.5 Å². The second-order valence-electron chi connectivity index (χ2n) is 6.37. The van der Waals surface area contributed by atoms with Crippen molar-refractivity contribution in [2.75, 3.05) is 5.73 Å². The van der Waals surface area contributed by atoms with E-state index in [9.17, 15) is 0 Å². The van der Waals surface area contributed by atoms with E-state index in [2.05, 4.69) is 52.0 Å². The maximum atomic E-state index is 5.95. The highest BCUT2D eigenvalue weighted by Gasteiger charge is 2.13. The Labute approximate surface area is 156 Å². The predicted molar refractivity (Wildman–Crippen MR) is 110 cm³/mol. The number of anilines is 1. The number of hydrogen-bond donors (Lipinski definition) is 1. The van der Waals surface area contributed by atoms with Crippen LogP contribution < -0.4 is 10.5 Å². The molecule has 2 aromatic heterocycles. The van der Waals surface area contributed by atoms with Gasteiger partial charge in [0.15, 0.2) is 0 Å². The van der Waals surface area contributed by atoms with Crippen LogP contribution in [0.2, 0.25) is 0 Å². The maximum absolute atomic E-state index is 5.95. The molecule has 27 heavy (non-hydrogen) atoms. The summed E-state index contributed by atoms with van der Waals surface area (Å²) >= 11 is 0. The van der Waals surface area contributed by atoms with Gasteiger partial charge < -0.3 is 15.0 Å². The first-order chi connectivity index (χ1) is 13.3. The lowest BCUT2D eigenvalue weighted by Gasteiger charge is -2.09. The van der Waals surface area contributed by atoms with Gasteiger partial charge >= 0.3 is 0 Å². The second kappa shape index (κ2) is 6.18. The Kier molecular flexibility index (Phi) is 3.54. The number of para-hydroxylation sites is 2. The zero-order valence-electron chi connectivity index (χ0n) is 14.5. The minimum Gasteiger partial charge on any atom is -0.439 e. The third-order valence-electron chi connectivity index (χ3n) is 4.63. The number of rotatable bonds is 3. The van der Waals surface area contributed by atoms with Gasteiger partial charge in [-0.1, -0.05) is 42.5 Å². The molecule has 0 spiro atoms. The summed E-state index contributed by atoms with van der Waals surface area (Å²) in [6, 6.07) is 30.2. The monoisotopic (exact) mass is 351 g/mol. The molecular formula is C23H17N3O. The van der Waals surface area contributed by atoms with E-state index >= 15 is 0 Å². The predicted octanol–water partition coefficient (Wildman–Crippen LogP) is 5.55. The Morgan fingerprint density at radius 2 is 1.48 bits per heavy atom. The Hall–Kier alpha value is -3.79. The van der Waals surface area contributed by atoms with E-state index in [1.54, 1.807) is 12.1 Å². The van der Waals surface area contributed by atoms with Crippen LogP contribution in [0, 0.1) is 0 Å². The minimum atomic E-state index is 0.437. The quantitative estimate of drug-likeness (QED) is 0.463. The van der Waals surface area contributed by atoms with E-state index in [4.69, 9.17) is 10.5 Å². The highest BCUT2D eigenvalue weighted by Crippen LogP contribution is 2.34. The molecule has 2 N–H and O–H groups in total. The van der Waals surface area contributed by atoms with Gasteiger partial charge in [-0.05, 0) is 36.4 Å². The molecule has 130 valence electrons. The van der Waals surface area contributed by atoms with Gasteiger partial charge in [-0.25, -0.2) is 0 Å². The zero-order valence-corrected chi connectivity index (χ0v) is 14.5. The Morgan fingerprint density at radius 3 is 2.33 bits per heavy atom. The van der Waals surface area contributed by atoms with Crippen LogP contribution in [0.15, 0.2) is 91.0 Å². The fourth-order valence-corrected chi connectivity index (χ4v) is 3.48. The number of nitrogen functional groups attached to an aromatic ring is 1. The van der Waals surface area contributed by atoms with Crippen LogP contribution >= 0.6 is 0 Å². The zero-order chi connectivity index (χ0) is 18.2. The number of nitrogens with two attached hydrogens (primary N) is 1. The summed E-state index contributed by atoms with van der Waals surface area (Å²) in [5, 5.41) is 2.40. The summed E-state index contributed by atoms with van der Waals surface area (Å²) in [5.41, 5.74) is 9.12. The second-order valence-corrected chi connectivity index (χ2v) is 6.37. The minimum absolute atomic E-state index is 0.437. The number of hydrogen-bond acceptors (Lipinski definition) is 3. The van der Waals surface area contributed by atoms with Crippen LogP contribution in [0.5, 0.6) is 11.6 Å². The number of fused-ring (bicyclic) bond motifs is 3. The van der Waals surface area contributed by atoms with Crippen LogP contribution in [0.3, 0.4) is 0 Å². The molecule has 5 rings (SSSR count). The first kappa shape index (κ1) is 15.5. The molecule has 0 bridgehead atoms. The Balaban J connectivity index is 1.73. The molecule has 4 nitrogen and oxygen atoms in total.